The fourth-order valence-electron chi connectivity index (χ4n) is 4.52. The second-order valence-corrected chi connectivity index (χ2v) is 9.25. The Morgan fingerprint density at radius 1 is 0.424 bits per heavy atom. The molecule has 0 saturated carbocycles. The van der Waals surface area contributed by atoms with Gasteiger partial charge in [0.2, 0.25) is 0 Å². The van der Waals surface area contributed by atoms with E-state index in [1.54, 1.807) is 0 Å². The zero-order valence-corrected chi connectivity index (χ0v) is 21.5. The third-order valence-corrected chi connectivity index (χ3v) is 7.55. The molecule has 5 heteroatoms. The average molecular weight is 481 g/mol. The average Bonchev–Trinajstić information content (AvgIpc) is 3.37. The quantitative estimate of drug-likeness (QED) is 0.328. The van der Waals surface area contributed by atoms with E-state index in [1.165, 1.54) is 44.5 Å². The van der Waals surface area contributed by atoms with E-state index < -0.39 is 0 Å². The van der Waals surface area contributed by atoms with Crippen molar-refractivity contribution in [2.75, 3.05) is 0 Å². The number of nitrogens with one attached hydrogen (secondary N) is 2. The Bertz CT molecular complexity index is 1430. The second kappa shape index (κ2) is 8.15. The Hall–Kier alpha value is -2.91. The predicted octanol–water partition coefficient (Wildman–Crippen LogP) is 7.45. The van der Waals surface area contributed by atoms with Gasteiger partial charge in [-0.25, -0.2) is 9.97 Å². The molecule has 3 aromatic rings. The van der Waals surface area contributed by atoms with Gasteiger partial charge in [0.25, 0.3) is 0 Å². The summed E-state index contributed by atoms with van der Waals surface area (Å²) >= 11 is 0. The number of aromatic nitrogens is 4. The van der Waals surface area contributed by atoms with Crippen LogP contribution in [0.5, 0.6) is 0 Å². The first-order valence-electron chi connectivity index (χ1n) is 11.2. The Morgan fingerprint density at radius 2 is 0.697 bits per heavy atom. The molecule has 3 aromatic heterocycles. The topological polar surface area (TPSA) is 57.4 Å². The normalized spacial score (nSPS) is 13.6. The fourth-order valence-corrected chi connectivity index (χ4v) is 4.52. The molecule has 0 fully saturated rings. The molecule has 172 valence electrons. The number of hydrogen-bond donors (Lipinski definition) is 2. The van der Waals surface area contributed by atoms with Crippen molar-refractivity contribution >= 4 is 44.4 Å². The Kier molecular flexibility index (Phi) is 5.74. The van der Waals surface area contributed by atoms with Gasteiger partial charge in [-0.05, 0) is 124 Å². The van der Waals surface area contributed by atoms with Crippen LogP contribution in [0.3, 0.4) is 0 Å². The number of allylic oxidation sites excluding steroid dienone is 4. The van der Waals surface area contributed by atoms with Crippen LogP contribution in [0.4, 0.5) is 0 Å². The van der Waals surface area contributed by atoms with Gasteiger partial charge in [-0.1, -0.05) is 0 Å². The molecule has 4 nitrogen and oxygen atoms in total. The summed E-state index contributed by atoms with van der Waals surface area (Å²) < 4.78 is 0. The number of fused-ring (bicyclic) bond motifs is 8. The summed E-state index contributed by atoms with van der Waals surface area (Å²) in [6.07, 6.45) is 0. The van der Waals surface area contributed by atoms with Crippen LogP contribution in [0.1, 0.15) is 72.7 Å². The number of aromatic amines is 2. The van der Waals surface area contributed by atoms with Crippen molar-refractivity contribution in [3.05, 3.63) is 69.3 Å². The summed E-state index contributed by atoms with van der Waals surface area (Å²) in [4.78, 5) is 17.3. The number of rotatable bonds is 0. The van der Waals surface area contributed by atoms with Gasteiger partial charge in [-0.15, -0.1) is 0 Å². The first-order valence-corrected chi connectivity index (χ1v) is 11.2. The summed E-state index contributed by atoms with van der Waals surface area (Å²) in [7, 11) is 0. The molecule has 0 unspecified atom stereocenters. The summed E-state index contributed by atoms with van der Waals surface area (Å²) in [5, 5.41) is 0. The molecule has 0 atom stereocenters. The van der Waals surface area contributed by atoms with Crippen LogP contribution in [-0.4, -0.2) is 19.9 Å². The number of nitrogens with zero attached hydrogens (tertiary/aromatic N) is 2. The molecule has 0 radical (unpaired) electrons. The zero-order chi connectivity index (χ0) is 22.9. The van der Waals surface area contributed by atoms with Gasteiger partial charge in [0.05, 0.1) is 22.8 Å². The maximum absolute atomic E-state index is 4.99. The molecular weight excluding hydrogens is 451 g/mol. The first kappa shape index (κ1) is 23.3. The molecular formula is C28H30N4Ni. The van der Waals surface area contributed by atoms with Crippen LogP contribution < -0.4 is 0 Å². The van der Waals surface area contributed by atoms with E-state index in [2.05, 4.69) is 89.6 Å². The van der Waals surface area contributed by atoms with Crippen LogP contribution in [-0.2, 0) is 16.5 Å². The van der Waals surface area contributed by atoms with Crippen molar-refractivity contribution in [3.8, 4) is 0 Å². The van der Waals surface area contributed by atoms with Crippen LogP contribution in [0.2, 0.25) is 0 Å². The minimum Gasteiger partial charge on any atom is -0.355 e. The van der Waals surface area contributed by atoms with Gasteiger partial charge in [0.15, 0.2) is 0 Å². The maximum atomic E-state index is 4.99. The summed E-state index contributed by atoms with van der Waals surface area (Å²) in [5.74, 6) is 0. The third-order valence-electron chi connectivity index (χ3n) is 7.55. The molecule has 33 heavy (non-hydrogen) atoms. The summed E-state index contributed by atoms with van der Waals surface area (Å²) in [6.45, 7) is 17.3. The number of aryl methyl sites for hydroxylation is 4. The molecule has 0 amide bonds. The van der Waals surface area contributed by atoms with Crippen LogP contribution in [0, 0.1) is 27.7 Å². The third kappa shape index (κ3) is 3.59. The van der Waals surface area contributed by atoms with Crippen molar-refractivity contribution < 1.29 is 16.5 Å². The Morgan fingerprint density at radius 3 is 1.03 bits per heavy atom. The first-order chi connectivity index (χ1) is 15.2. The van der Waals surface area contributed by atoms with E-state index in [1.807, 2.05) is 0 Å². The van der Waals surface area contributed by atoms with Crippen molar-refractivity contribution in [1.82, 2.24) is 19.9 Å². The van der Waals surface area contributed by atoms with E-state index in [9.17, 15) is 0 Å². The van der Waals surface area contributed by atoms with E-state index in [-0.39, 0.29) is 16.5 Å². The smallest absolute Gasteiger partial charge is 0.0691 e. The molecule has 2 aliphatic heterocycles. The number of H-pyrrole nitrogens is 2. The fraction of sp³-hybridized carbons (Fsp3) is 0.286. The van der Waals surface area contributed by atoms with Crippen LogP contribution >= 0.6 is 0 Å². The van der Waals surface area contributed by atoms with Gasteiger partial charge >= 0.3 is 0 Å². The summed E-state index contributed by atoms with van der Waals surface area (Å²) in [6, 6.07) is 8.72. The van der Waals surface area contributed by atoms with Crippen LogP contribution in [0.25, 0.3) is 44.4 Å². The molecule has 5 rings (SSSR count). The summed E-state index contributed by atoms with van der Waals surface area (Å²) in [5.41, 5.74) is 18.4. The molecule has 2 N–H and O–H groups in total. The molecule has 0 saturated heterocycles. The van der Waals surface area contributed by atoms with E-state index in [0.717, 1.165) is 44.8 Å². The van der Waals surface area contributed by atoms with Gasteiger partial charge < -0.3 is 9.97 Å². The van der Waals surface area contributed by atoms with E-state index >= 15 is 0 Å². The molecule has 0 aromatic carbocycles. The Balaban J connectivity index is 0.00000259. The van der Waals surface area contributed by atoms with Gasteiger partial charge in [0.1, 0.15) is 0 Å². The van der Waals surface area contributed by atoms with E-state index in [0.29, 0.717) is 0 Å². The Labute approximate surface area is 205 Å². The predicted molar refractivity (Wildman–Crippen MR) is 136 cm³/mol. The van der Waals surface area contributed by atoms with Gasteiger partial charge in [-0.3, -0.25) is 0 Å². The van der Waals surface area contributed by atoms with Crippen LogP contribution in [0.15, 0.2) is 24.3 Å². The molecule has 0 aliphatic carbocycles. The SMILES string of the molecule is CC1=C(C)c2cc3[nH]c(cc4[nH]c(cc5nc(cc1n2)C(C)=C5C)c(C)c4C)c(C)c3C.[Ni]. The van der Waals surface area contributed by atoms with Gasteiger partial charge in [-0.2, -0.15) is 0 Å². The molecule has 2 aliphatic rings. The molecule has 5 heterocycles. The largest absolute Gasteiger partial charge is 0.355 e. The van der Waals surface area contributed by atoms with E-state index in [4.69, 9.17) is 9.97 Å². The maximum Gasteiger partial charge on any atom is 0.0691 e. The monoisotopic (exact) mass is 480 g/mol. The van der Waals surface area contributed by atoms with Crippen molar-refractivity contribution in [1.29, 1.82) is 0 Å². The minimum atomic E-state index is 0. The second-order valence-electron chi connectivity index (χ2n) is 9.25. The minimum absolute atomic E-state index is 0. The van der Waals surface area contributed by atoms with Gasteiger partial charge in [0, 0.05) is 38.6 Å². The molecule has 0 spiro atoms. The number of hydrogen-bond acceptors (Lipinski definition) is 2. The zero-order valence-electron chi connectivity index (χ0n) is 20.5. The standard InChI is InChI=1S/C28H30N4.Ni/c1-13-14(2)22-10-24-17(5)18(6)26(31-24)12-28-20(8)19(7)27(32-28)11-25-16(4)15(3)23(30-25)9-21(13)29-22;/h9-12,29-30H,1-8H3;. The van der Waals surface area contributed by atoms with Crippen molar-refractivity contribution in [2.45, 2.75) is 55.4 Å². The molecule has 8 bridgehead atoms. The van der Waals surface area contributed by atoms with Crippen molar-refractivity contribution in [3.63, 3.8) is 0 Å². The van der Waals surface area contributed by atoms with Crippen molar-refractivity contribution in [2.24, 2.45) is 0 Å².